The molecular weight excluding hydrogens is 374 g/mol. The molecule has 1 N–H and O–H groups in total. The highest BCUT2D eigenvalue weighted by atomic mass is 16.5. The number of para-hydroxylation sites is 1. The van der Waals surface area contributed by atoms with Gasteiger partial charge in [-0.15, -0.1) is 0 Å². The van der Waals surface area contributed by atoms with Gasteiger partial charge in [-0.05, 0) is 31.2 Å². The van der Waals surface area contributed by atoms with E-state index in [-0.39, 0.29) is 23.6 Å². The minimum absolute atomic E-state index is 0.0470. The summed E-state index contributed by atoms with van der Waals surface area (Å²) >= 11 is 0. The van der Waals surface area contributed by atoms with Crippen molar-refractivity contribution in [2.24, 2.45) is 0 Å². The molecule has 1 heterocycles. The van der Waals surface area contributed by atoms with Crippen LogP contribution >= 0.6 is 0 Å². The number of ether oxygens (including phenoxy) is 1. The molecule has 0 radical (unpaired) electrons. The molecule has 0 spiro atoms. The molecular formula is C21H21N3O5. The van der Waals surface area contributed by atoms with Gasteiger partial charge in [0.25, 0.3) is 11.8 Å². The molecule has 8 nitrogen and oxygen atoms in total. The minimum Gasteiger partial charge on any atom is -0.449 e. The SMILES string of the molecule is C[C@H](OC(=O)c1ccccc1C(=O)N(C)c1ccccc1)C(=O)N1CCNC1=O. The third-order valence-corrected chi connectivity index (χ3v) is 4.58. The van der Waals surface area contributed by atoms with Crippen molar-refractivity contribution in [1.82, 2.24) is 10.2 Å². The summed E-state index contributed by atoms with van der Waals surface area (Å²) in [5.74, 6) is -1.81. The first-order valence-corrected chi connectivity index (χ1v) is 9.12. The number of anilines is 1. The molecule has 8 heteroatoms. The quantitative estimate of drug-likeness (QED) is 0.782. The van der Waals surface area contributed by atoms with Gasteiger partial charge < -0.3 is 15.0 Å². The van der Waals surface area contributed by atoms with Crippen LogP contribution in [0.25, 0.3) is 0 Å². The van der Waals surface area contributed by atoms with Crippen LogP contribution in [0.1, 0.15) is 27.6 Å². The van der Waals surface area contributed by atoms with E-state index in [9.17, 15) is 19.2 Å². The van der Waals surface area contributed by atoms with Crippen molar-refractivity contribution in [3.63, 3.8) is 0 Å². The normalized spacial score (nSPS) is 14.1. The molecule has 2 aromatic carbocycles. The van der Waals surface area contributed by atoms with E-state index in [1.807, 2.05) is 6.07 Å². The summed E-state index contributed by atoms with van der Waals surface area (Å²) in [5.41, 5.74) is 0.873. The Balaban J connectivity index is 1.77. The molecule has 1 atom stereocenters. The van der Waals surface area contributed by atoms with Crippen molar-refractivity contribution in [2.75, 3.05) is 25.0 Å². The lowest BCUT2D eigenvalue weighted by Crippen LogP contribution is -2.42. The molecule has 0 bridgehead atoms. The summed E-state index contributed by atoms with van der Waals surface area (Å²) in [6.07, 6.45) is -1.17. The van der Waals surface area contributed by atoms with Crippen LogP contribution in [-0.4, -0.2) is 55.0 Å². The molecule has 1 saturated heterocycles. The lowest BCUT2D eigenvalue weighted by atomic mass is 10.1. The fourth-order valence-corrected chi connectivity index (χ4v) is 2.97. The first kappa shape index (κ1) is 20.1. The third-order valence-electron chi connectivity index (χ3n) is 4.58. The van der Waals surface area contributed by atoms with E-state index in [1.165, 1.54) is 24.0 Å². The van der Waals surface area contributed by atoms with Crippen LogP contribution in [0.4, 0.5) is 10.5 Å². The zero-order chi connectivity index (χ0) is 21.0. The summed E-state index contributed by atoms with van der Waals surface area (Å²) in [7, 11) is 1.61. The molecule has 1 aliphatic heterocycles. The Bertz CT molecular complexity index is 944. The summed E-state index contributed by atoms with van der Waals surface area (Å²) in [4.78, 5) is 52.0. The van der Waals surface area contributed by atoms with Gasteiger partial charge in [-0.3, -0.25) is 14.5 Å². The minimum atomic E-state index is -1.17. The van der Waals surface area contributed by atoms with Gasteiger partial charge in [-0.25, -0.2) is 9.59 Å². The van der Waals surface area contributed by atoms with E-state index in [0.717, 1.165) is 4.90 Å². The Kier molecular flexibility index (Phi) is 5.92. The molecule has 0 aliphatic carbocycles. The number of rotatable bonds is 5. The van der Waals surface area contributed by atoms with Gasteiger partial charge in [0.15, 0.2) is 6.10 Å². The number of nitrogens with zero attached hydrogens (tertiary/aromatic N) is 2. The highest BCUT2D eigenvalue weighted by molar-refractivity contribution is 6.12. The van der Waals surface area contributed by atoms with E-state index in [2.05, 4.69) is 5.32 Å². The summed E-state index contributed by atoms with van der Waals surface area (Å²) in [5, 5.41) is 2.52. The van der Waals surface area contributed by atoms with Crippen LogP contribution in [0.15, 0.2) is 54.6 Å². The van der Waals surface area contributed by atoms with Crippen LogP contribution in [0.5, 0.6) is 0 Å². The second-order valence-electron chi connectivity index (χ2n) is 6.51. The number of imide groups is 1. The number of hydrogen-bond donors (Lipinski definition) is 1. The van der Waals surface area contributed by atoms with Crippen molar-refractivity contribution in [2.45, 2.75) is 13.0 Å². The predicted octanol–water partition coefficient (Wildman–Crippen LogP) is 2.06. The standard InChI is InChI=1S/C21H21N3O5/c1-14(18(25)24-13-12-22-21(24)28)29-20(27)17-11-7-6-10-16(17)19(26)23(2)15-8-4-3-5-9-15/h3-11,14H,12-13H2,1-2H3,(H,22,28)/t14-/m0/s1. The van der Waals surface area contributed by atoms with Crippen LogP contribution in [-0.2, 0) is 9.53 Å². The largest absolute Gasteiger partial charge is 0.449 e. The fourth-order valence-electron chi connectivity index (χ4n) is 2.97. The highest BCUT2D eigenvalue weighted by Gasteiger charge is 2.32. The van der Waals surface area contributed by atoms with Crippen LogP contribution in [0.3, 0.4) is 0 Å². The first-order valence-electron chi connectivity index (χ1n) is 9.12. The maximum atomic E-state index is 12.9. The zero-order valence-electron chi connectivity index (χ0n) is 16.1. The zero-order valence-corrected chi connectivity index (χ0v) is 16.1. The number of carbonyl (C=O) groups excluding carboxylic acids is 4. The summed E-state index contributed by atoms with van der Waals surface area (Å²) < 4.78 is 5.25. The maximum absolute atomic E-state index is 12.9. The van der Waals surface area contributed by atoms with Crippen molar-refractivity contribution in [1.29, 1.82) is 0 Å². The molecule has 150 valence electrons. The Morgan fingerprint density at radius 2 is 1.66 bits per heavy atom. The van der Waals surface area contributed by atoms with Crippen LogP contribution < -0.4 is 10.2 Å². The van der Waals surface area contributed by atoms with Crippen LogP contribution in [0, 0.1) is 0 Å². The van der Waals surface area contributed by atoms with Gasteiger partial charge >= 0.3 is 12.0 Å². The van der Waals surface area contributed by atoms with Crippen molar-refractivity contribution in [3.8, 4) is 0 Å². The molecule has 4 amide bonds. The Hall–Kier alpha value is -3.68. The van der Waals surface area contributed by atoms with Gasteiger partial charge in [0.1, 0.15) is 0 Å². The third kappa shape index (κ3) is 4.26. The second kappa shape index (κ2) is 8.55. The molecule has 0 aromatic heterocycles. The lowest BCUT2D eigenvalue weighted by molar-refractivity contribution is -0.136. The molecule has 29 heavy (non-hydrogen) atoms. The first-order chi connectivity index (χ1) is 13.9. The second-order valence-corrected chi connectivity index (χ2v) is 6.51. The monoisotopic (exact) mass is 395 g/mol. The van der Waals surface area contributed by atoms with Gasteiger partial charge in [0.05, 0.1) is 11.1 Å². The fraction of sp³-hybridized carbons (Fsp3) is 0.238. The van der Waals surface area contributed by atoms with E-state index in [4.69, 9.17) is 4.74 Å². The average molecular weight is 395 g/mol. The molecule has 2 aromatic rings. The summed E-state index contributed by atoms with van der Waals surface area (Å²) in [6.45, 7) is 1.97. The van der Waals surface area contributed by atoms with Crippen molar-refractivity contribution in [3.05, 3.63) is 65.7 Å². The Morgan fingerprint density at radius 1 is 1.03 bits per heavy atom. The van der Waals surface area contributed by atoms with Gasteiger partial charge in [0, 0.05) is 25.8 Å². The highest BCUT2D eigenvalue weighted by Crippen LogP contribution is 2.19. The number of esters is 1. The van der Waals surface area contributed by atoms with Crippen LogP contribution in [0.2, 0.25) is 0 Å². The molecule has 0 saturated carbocycles. The number of urea groups is 1. The lowest BCUT2D eigenvalue weighted by Gasteiger charge is -2.20. The van der Waals surface area contributed by atoms with E-state index >= 15 is 0 Å². The topological polar surface area (TPSA) is 96.0 Å². The predicted molar refractivity (Wildman–Crippen MR) is 106 cm³/mol. The maximum Gasteiger partial charge on any atom is 0.339 e. The van der Waals surface area contributed by atoms with Crippen molar-refractivity contribution >= 4 is 29.5 Å². The number of nitrogens with one attached hydrogen (secondary N) is 1. The van der Waals surface area contributed by atoms with Gasteiger partial charge in [0.2, 0.25) is 0 Å². The smallest absolute Gasteiger partial charge is 0.339 e. The number of benzene rings is 2. The number of carbonyl (C=O) groups is 4. The molecule has 0 unspecified atom stereocenters. The molecule has 3 rings (SSSR count). The number of amides is 4. The van der Waals surface area contributed by atoms with Gasteiger partial charge in [-0.2, -0.15) is 0 Å². The van der Waals surface area contributed by atoms with Gasteiger partial charge in [-0.1, -0.05) is 30.3 Å². The van der Waals surface area contributed by atoms with E-state index in [0.29, 0.717) is 12.2 Å². The van der Waals surface area contributed by atoms with E-state index < -0.39 is 24.0 Å². The van der Waals surface area contributed by atoms with Crippen molar-refractivity contribution < 1.29 is 23.9 Å². The number of hydrogen-bond acceptors (Lipinski definition) is 5. The molecule has 1 aliphatic rings. The Morgan fingerprint density at radius 3 is 2.28 bits per heavy atom. The Labute approximate surface area is 168 Å². The molecule has 1 fully saturated rings. The van der Waals surface area contributed by atoms with E-state index in [1.54, 1.807) is 43.4 Å². The summed E-state index contributed by atoms with van der Waals surface area (Å²) in [6, 6.07) is 14.7. The average Bonchev–Trinajstić information content (AvgIpc) is 3.18.